The van der Waals surface area contributed by atoms with Gasteiger partial charge in [-0.3, -0.25) is 0 Å². The molecule has 50 valence electrons. The van der Waals surface area contributed by atoms with E-state index >= 15 is 0 Å². The van der Waals surface area contributed by atoms with E-state index in [-0.39, 0.29) is 0 Å². The van der Waals surface area contributed by atoms with E-state index in [2.05, 4.69) is 0 Å². The van der Waals surface area contributed by atoms with Crippen LogP contribution in [0.15, 0.2) is 11.8 Å². The normalized spacial score (nSPS) is 44.7. The predicted molar refractivity (Wildman–Crippen MR) is 36.2 cm³/mol. The standard InChI is InChI=1S/C8H12O/c9-5-8-4-6-1-2-7(8)3-6/h5-7,9H,1-4H2. The van der Waals surface area contributed by atoms with E-state index in [4.69, 9.17) is 5.11 Å². The van der Waals surface area contributed by atoms with Crippen LogP contribution in [-0.2, 0) is 0 Å². The molecule has 2 unspecified atom stereocenters. The second-order valence-electron chi connectivity index (χ2n) is 3.28. The molecule has 2 bridgehead atoms. The average molecular weight is 124 g/mol. The van der Waals surface area contributed by atoms with E-state index in [0.29, 0.717) is 0 Å². The number of hydrogen-bond donors (Lipinski definition) is 1. The third-order valence-electron chi connectivity index (χ3n) is 2.76. The van der Waals surface area contributed by atoms with Gasteiger partial charge in [-0.2, -0.15) is 0 Å². The first-order valence-electron chi connectivity index (χ1n) is 3.73. The Morgan fingerprint density at radius 1 is 1.44 bits per heavy atom. The molecule has 0 aromatic rings. The van der Waals surface area contributed by atoms with Crippen molar-refractivity contribution in [2.45, 2.75) is 25.7 Å². The molecule has 1 heteroatoms. The fraction of sp³-hybridized carbons (Fsp3) is 0.750. The Hall–Kier alpha value is -0.460. The summed E-state index contributed by atoms with van der Waals surface area (Å²) in [7, 11) is 0. The molecule has 2 rings (SSSR count). The number of rotatable bonds is 0. The average Bonchev–Trinajstić information content (AvgIpc) is 2.45. The van der Waals surface area contributed by atoms with Gasteiger partial charge >= 0.3 is 0 Å². The predicted octanol–water partition coefficient (Wildman–Crippen LogP) is 2.25. The Labute approximate surface area is 55.4 Å². The van der Waals surface area contributed by atoms with Crippen LogP contribution >= 0.6 is 0 Å². The summed E-state index contributed by atoms with van der Waals surface area (Å²) in [6, 6.07) is 0. The van der Waals surface area contributed by atoms with E-state index in [1.165, 1.54) is 37.5 Å². The van der Waals surface area contributed by atoms with Gasteiger partial charge in [-0.05, 0) is 43.1 Å². The van der Waals surface area contributed by atoms with E-state index in [1.807, 2.05) is 0 Å². The number of aliphatic hydroxyl groups excluding tert-OH is 1. The van der Waals surface area contributed by atoms with Gasteiger partial charge in [0.15, 0.2) is 0 Å². The summed E-state index contributed by atoms with van der Waals surface area (Å²) >= 11 is 0. The van der Waals surface area contributed by atoms with Crippen LogP contribution in [0.2, 0.25) is 0 Å². The molecule has 2 atom stereocenters. The summed E-state index contributed by atoms with van der Waals surface area (Å²) in [5.41, 5.74) is 1.31. The fourth-order valence-corrected chi connectivity index (χ4v) is 2.26. The highest BCUT2D eigenvalue weighted by molar-refractivity contribution is 5.13. The van der Waals surface area contributed by atoms with Gasteiger partial charge in [0, 0.05) is 0 Å². The smallest absolute Gasteiger partial charge is 0.0786 e. The van der Waals surface area contributed by atoms with Gasteiger partial charge < -0.3 is 5.11 Å². The minimum Gasteiger partial charge on any atom is -0.516 e. The monoisotopic (exact) mass is 124 g/mol. The van der Waals surface area contributed by atoms with Crippen LogP contribution in [0.4, 0.5) is 0 Å². The van der Waals surface area contributed by atoms with Gasteiger partial charge in [-0.25, -0.2) is 0 Å². The van der Waals surface area contributed by atoms with Crippen molar-refractivity contribution in [3.8, 4) is 0 Å². The highest BCUT2D eigenvalue weighted by Crippen LogP contribution is 2.47. The largest absolute Gasteiger partial charge is 0.516 e. The first-order valence-corrected chi connectivity index (χ1v) is 3.73. The zero-order valence-electron chi connectivity index (χ0n) is 5.51. The van der Waals surface area contributed by atoms with Crippen molar-refractivity contribution in [2.75, 3.05) is 0 Å². The molecule has 0 amide bonds. The maximum atomic E-state index is 8.73. The van der Waals surface area contributed by atoms with Crippen LogP contribution in [-0.4, -0.2) is 5.11 Å². The zero-order chi connectivity index (χ0) is 6.27. The van der Waals surface area contributed by atoms with E-state index in [1.54, 1.807) is 0 Å². The molecule has 0 aliphatic heterocycles. The lowest BCUT2D eigenvalue weighted by Gasteiger charge is -2.10. The van der Waals surface area contributed by atoms with Crippen molar-refractivity contribution in [3.05, 3.63) is 11.8 Å². The van der Waals surface area contributed by atoms with Gasteiger partial charge in [0.2, 0.25) is 0 Å². The molecule has 0 heterocycles. The van der Waals surface area contributed by atoms with Crippen LogP contribution in [0, 0.1) is 11.8 Å². The summed E-state index contributed by atoms with van der Waals surface area (Å²) in [5.74, 6) is 1.69. The Bertz CT molecular complexity index is 149. The highest BCUT2D eigenvalue weighted by atomic mass is 16.2. The van der Waals surface area contributed by atoms with Crippen molar-refractivity contribution in [3.63, 3.8) is 0 Å². The lowest BCUT2D eigenvalue weighted by Crippen LogP contribution is -1.97. The molecule has 0 spiro atoms. The van der Waals surface area contributed by atoms with E-state index < -0.39 is 0 Å². The molecule has 2 aliphatic carbocycles. The second kappa shape index (κ2) is 1.76. The first-order chi connectivity index (χ1) is 4.40. The molecule has 1 N–H and O–H groups in total. The maximum Gasteiger partial charge on any atom is 0.0786 e. The lowest BCUT2D eigenvalue weighted by atomic mass is 9.96. The number of aliphatic hydroxyl groups is 1. The minimum absolute atomic E-state index is 0.764. The molecular formula is C8H12O. The highest BCUT2D eigenvalue weighted by Gasteiger charge is 2.35. The molecule has 2 fully saturated rings. The van der Waals surface area contributed by atoms with E-state index in [0.717, 1.165) is 11.8 Å². The molecule has 1 nitrogen and oxygen atoms in total. The molecule has 2 aliphatic rings. The van der Waals surface area contributed by atoms with Crippen molar-refractivity contribution < 1.29 is 5.11 Å². The van der Waals surface area contributed by atoms with Gasteiger partial charge in [0.1, 0.15) is 0 Å². The summed E-state index contributed by atoms with van der Waals surface area (Å²) in [6.45, 7) is 0. The SMILES string of the molecule is OC=C1CC2CCC1C2. The van der Waals surface area contributed by atoms with Crippen molar-refractivity contribution in [2.24, 2.45) is 11.8 Å². The minimum atomic E-state index is 0.764. The quantitative estimate of drug-likeness (QED) is 0.491. The molecule has 0 aromatic carbocycles. The van der Waals surface area contributed by atoms with Crippen LogP contribution in [0.5, 0.6) is 0 Å². The number of fused-ring (bicyclic) bond motifs is 2. The first kappa shape index (κ1) is 5.33. The van der Waals surface area contributed by atoms with Crippen molar-refractivity contribution >= 4 is 0 Å². The molecular weight excluding hydrogens is 112 g/mol. The maximum absolute atomic E-state index is 8.73. The Balaban J connectivity index is 2.18. The molecule has 9 heavy (non-hydrogen) atoms. The third kappa shape index (κ3) is 0.673. The van der Waals surface area contributed by atoms with Crippen LogP contribution in [0.3, 0.4) is 0 Å². The summed E-state index contributed by atoms with van der Waals surface area (Å²) in [5, 5.41) is 8.73. The van der Waals surface area contributed by atoms with Gasteiger partial charge in [0.05, 0.1) is 6.26 Å². The lowest BCUT2D eigenvalue weighted by molar-refractivity contribution is 0.446. The topological polar surface area (TPSA) is 20.2 Å². The Morgan fingerprint density at radius 3 is 2.67 bits per heavy atom. The molecule has 0 aromatic heterocycles. The van der Waals surface area contributed by atoms with Gasteiger partial charge in [-0.1, -0.05) is 0 Å². The van der Waals surface area contributed by atoms with Crippen LogP contribution in [0.1, 0.15) is 25.7 Å². The van der Waals surface area contributed by atoms with Crippen LogP contribution in [0.25, 0.3) is 0 Å². The molecule has 0 radical (unpaired) electrons. The van der Waals surface area contributed by atoms with Crippen molar-refractivity contribution in [1.29, 1.82) is 0 Å². The van der Waals surface area contributed by atoms with Crippen molar-refractivity contribution in [1.82, 2.24) is 0 Å². The Kier molecular flexibility index (Phi) is 1.04. The molecule has 0 saturated heterocycles. The third-order valence-corrected chi connectivity index (χ3v) is 2.76. The van der Waals surface area contributed by atoms with Gasteiger partial charge in [0.25, 0.3) is 0 Å². The zero-order valence-corrected chi connectivity index (χ0v) is 5.51. The summed E-state index contributed by atoms with van der Waals surface area (Å²) in [6.07, 6.45) is 6.61. The number of allylic oxidation sites excluding steroid dienone is 1. The Morgan fingerprint density at radius 2 is 2.33 bits per heavy atom. The van der Waals surface area contributed by atoms with Crippen LogP contribution < -0.4 is 0 Å². The van der Waals surface area contributed by atoms with E-state index in [9.17, 15) is 0 Å². The second-order valence-corrected chi connectivity index (χ2v) is 3.28. The summed E-state index contributed by atoms with van der Waals surface area (Å²) in [4.78, 5) is 0. The van der Waals surface area contributed by atoms with Gasteiger partial charge in [-0.15, -0.1) is 0 Å². The summed E-state index contributed by atoms with van der Waals surface area (Å²) < 4.78 is 0. The molecule has 2 saturated carbocycles. The fourth-order valence-electron chi connectivity index (χ4n) is 2.26. The number of hydrogen-bond acceptors (Lipinski definition) is 1.